The molecule has 3 aliphatic carbocycles. The van der Waals surface area contributed by atoms with E-state index >= 15 is 0 Å². The lowest BCUT2D eigenvalue weighted by molar-refractivity contribution is -0.142. The van der Waals surface area contributed by atoms with Gasteiger partial charge in [0.15, 0.2) is 0 Å². The van der Waals surface area contributed by atoms with Crippen LogP contribution in [-0.4, -0.2) is 72.4 Å². The number of ether oxygens (including phenoxy) is 3. The summed E-state index contributed by atoms with van der Waals surface area (Å²) >= 11 is 0. The molecule has 0 spiro atoms. The van der Waals surface area contributed by atoms with Crippen molar-refractivity contribution in [2.45, 2.75) is 102 Å². The van der Waals surface area contributed by atoms with Crippen molar-refractivity contribution in [3.8, 4) is 0 Å². The fourth-order valence-electron chi connectivity index (χ4n) is 5.50. The number of amides is 3. The van der Waals surface area contributed by atoms with Gasteiger partial charge >= 0.3 is 12.2 Å². The van der Waals surface area contributed by atoms with Crippen LogP contribution in [0, 0.1) is 17.3 Å². The number of carbonyl (C=O) groups excluding carboxylic acids is 4. The summed E-state index contributed by atoms with van der Waals surface area (Å²) in [6.45, 7) is 9.38. The number of carbonyl (C=O) groups is 4. The third-order valence-electron chi connectivity index (χ3n) is 8.30. The molecule has 3 saturated carbocycles. The molecular formula is C28H44N3O9P. The summed E-state index contributed by atoms with van der Waals surface area (Å²) < 4.78 is 33.9. The topological polar surface area (TPSA) is 150 Å². The molecule has 3 unspecified atom stereocenters. The van der Waals surface area contributed by atoms with Crippen LogP contribution in [0.1, 0.15) is 78.6 Å². The number of rotatable bonds is 12. The minimum Gasteiger partial charge on any atom is -0.446 e. The van der Waals surface area contributed by atoms with Gasteiger partial charge in [-0.25, -0.2) is 9.59 Å². The average molecular weight is 598 g/mol. The SMILES string of the molecule is C=C[C@@H]1C[C@]1(NC(=O)C1CCCN1C(=O)C(NC(=O)OC1CCCC1)C(C)(C)C)[PH](=O)OCOC(=O)OCC1CC1. The van der Waals surface area contributed by atoms with E-state index in [2.05, 4.69) is 17.2 Å². The monoisotopic (exact) mass is 597 g/mol. The lowest BCUT2D eigenvalue weighted by Gasteiger charge is -2.35. The zero-order chi connectivity index (χ0) is 29.8. The van der Waals surface area contributed by atoms with Crippen molar-refractivity contribution in [1.29, 1.82) is 0 Å². The van der Waals surface area contributed by atoms with E-state index in [1.807, 2.05) is 20.8 Å². The highest BCUT2D eigenvalue weighted by Gasteiger charge is 2.60. The third kappa shape index (κ3) is 8.03. The van der Waals surface area contributed by atoms with Crippen molar-refractivity contribution < 1.29 is 42.5 Å². The summed E-state index contributed by atoms with van der Waals surface area (Å²) in [5.74, 6) is -0.735. The minimum absolute atomic E-state index is 0.146. The molecule has 1 saturated heterocycles. The summed E-state index contributed by atoms with van der Waals surface area (Å²) in [5, 5.41) is 4.45. The van der Waals surface area contributed by atoms with Gasteiger partial charge in [0, 0.05) is 12.5 Å². The maximum absolute atomic E-state index is 13.7. The van der Waals surface area contributed by atoms with Gasteiger partial charge in [-0.15, -0.1) is 6.58 Å². The van der Waals surface area contributed by atoms with Gasteiger partial charge in [0.2, 0.25) is 26.6 Å². The number of alkyl carbamates (subject to hydrolysis) is 1. The zero-order valence-corrected chi connectivity index (χ0v) is 25.3. The second kappa shape index (κ2) is 13.2. The smallest absolute Gasteiger partial charge is 0.446 e. The summed E-state index contributed by atoms with van der Waals surface area (Å²) in [6.07, 6.45) is 7.00. The Hall–Kier alpha value is -2.59. The molecule has 4 aliphatic rings. The number of hydrogen-bond acceptors (Lipinski definition) is 9. The first kappa shape index (κ1) is 31.3. The van der Waals surface area contributed by atoms with Crippen LogP contribution in [-0.2, 0) is 32.9 Å². The van der Waals surface area contributed by atoms with Crippen LogP contribution in [0.2, 0.25) is 0 Å². The Bertz CT molecular complexity index is 1040. The van der Waals surface area contributed by atoms with E-state index < -0.39 is 55.8 Å². The van der Waals surface area contributed by atoms with E-state index in [4.69, 9.17) is 18.7 Å². The predicted molar refractivity (Wildman–Crippen MR) is 149 cm³/mol. The molecule has 0 radical (unpaired) electrons. The van der Waals surface area contributed by atoms with Gasteiger partial charge in [-0.3, -0.25) is 18.7 Å². The van der Waals surface area contributed by atoms with E-state index in [0.717, 1.165) is 38.5 Å². The van der Waals surface area contributed by atoms with Crippen molar-refractivity contribution in [2.24, 2.45) is 17.3 Å². The molecule has 3 amide bonds. The van der Waals surface area contributed by atoms with Crippen LogP contribution >= 0.6 is 8.03 Å². The number of nitrogens with zero attached hydrogens (tertiary/aromatic N) is 1. The van der Waals surface area contributed by atoms with Crippen molar-refractivity contribution in [3.05, 3.63) is 12.7 Å². The van der Waals surface area contributed by atoms with Gasteiger partial charge in [0.25, 0.3) is 0 Å². The number of nitrogens with one attached hydrogen (secondary N) is 2. The molecule has 0 aromatic heterocycles. The molecule has 12 nitrogen and oxygen atoms in total. The van der Waals surface area contributed by atoms with E-state index in [1.165, 1.54) is 4.90 Å². The Labute approximate surface area is 242 Å². The normalized spacial score (nSPS) is 27.4. The maximum Gasteiger partial charge on any atom is 0.510 e. The molecule has 5 atom stereocenters. The fourth-order valence-corrected chi connectivity index (χ4v) is 6.96. The first-order valence-corrected chi connectivity index (χ1v) is 15.9. The van der Waals surface area contributed by atoms with Crippen LogP contribution in [0.4, 0.5) is 9.59 Å². The predicted octanol–water partition coefficient (Wildman–Crippen LogP) is 4.09. The molecule has 13 heteroatoms. The minimum atomic E-state index is -2.92. The number of hydrogen-bond donors (Lipinski definition) is 2. The Balaban J connectivity index is 1.34. The van der Waals surface area contributed by atoms with Crippen molar-refractivity contribution in [1.82, 2.24) is 15.5 Å². The lowest BCUT2D eigenvalue weighted by atomic mass is 9.85. The van der Waals surface area contributed by atoms with Crippen LogP contribution in [0.3, 0.4) is 0 Å². The average Bonchev–Trinajstić information content (AvgIpc) is 3.74. The van der Waals surface area contributed by atoms with E-state index in [-0.39, 0.29) is 24.5 Å². The molecule has 0 aromatic rings. The second-order valence-electron chi connectivity index (χ2n) is 12.7. The Morgan fingerprint density at radius 1 is 1.07 bits per heavy atom. The van der Waals surface area contributed by atoms with Gasteiger partial charge in [0.05, 0.1) is 6.61 Å². The molecule has 2 N–H and O–H groups in total. The largest absolute Gasteiger partial charge is 0.510 e. The third-order valence-corrected chi connectivity index (χ3v) is 10.1. The Morgan fingerprint density at radius 3 is 2.39 bits per heavy atom. The summed E-state index contributed by atoms with van der Waals surface area (Å²) in [6, 6.07) is -1.70. The second-order valence-corrected chi connectivity index (χ2v) is 14.4. The maximum atomic E-state index is 13.7. The van der Waals surface area contributed by atoms with Gasteiger partial charge in [-0.2, -0.15) is 0 Å². The fraction of sp³-hybridized carbons (Fsp3) is 0.786. The molecule has 1 aliphatic heterocycles. The highest BCUT2D eigenvalue weighted by molar-refractivity contribution is 7.41. The van der Waals surface area contributed by atoms with E-state index in [9.17, 15) is 23.7 Å². The Morgan fingerprint density at radius 2 is 1.78 bits per heavy atom. The molecule has 41 heavy (non-hydrogen) atoms. The molecular weight excluding hydrogens is 553 g/mol. The highest BCUT2D eigenvalue weighted by atomic mass is 31.1. The summed E-state index contributed by atoms with van der Waals surface area (Å²) in [4.78, 5) is 53.1. The molecule has 230 valence electrons. The molecule has 0 bridgehead atoms. The first-order chi connectivity index (χ1) is 19.4. The number of likely N-dealkylation sites (tertiary alicyclic amines) is 1. The molecule has 4 rings (SSSR count). The van der Waals surface area contributed by atoms with Gasteiger partial charge in [-0.05, 0) is 69.1 Å². The van der Waals surface area contributed by atoms with Crippen LogP contribution in [0.25, 0.3) is 0 Å². The lowest BCUT2D eigenvalue weighted by Crippen LogP contribution is -2.58. The van der Waals surface area contributed by atoms with E-state index in [1.54, 1.807) is 6.08 Å². The Kier molecular flexibility index (Phi) is 10.1. The van der Waals surface area contributed by atoms with Crippen molar-refractivity contribution in [2.75, 3.05) is 19.9 Å². The van der Waals surface area contributed by atoms with Crippen molar-refractivity contribution in [3.63, 3.8) is 0 Å². The standard InChI is InChI=1S/C28H44N3O9P/c1-5-19-15-28(19,41(36)39-17-38-26(35)37-16-18-12-13-18)30-23(32)21-11-8-14-31(21)24(33)22(27(2,3)4)29-25(34)40-20-9-6-7-10-20/h5,18-22,41H,1,6-17H2,2-4H3,(H,29,34)(H,30,32)/t19-,21?,22?,28+/m1/s1. The van der Waals surface area contributed by atoms with Gasteiger partial charge < -0.3 is 29.7 Å². The zero-order valence-electron chi connectivity index (χ0n) is 24.3. The molecule has 1 heterocycles. The highest BCUT2D eigenvalue weighted by Crippen LogP contribution is 2.60. The van der Waals surface area contributed by atoms with Crippen molar-refractivity contribution >= 4 is 32.1 Å². The van der Waals surface area contributed by atoms with Crippen LogP contribution < -0.4 is 10.6 Å². The summed E-state index contributed by atoms with van der Waals surface area (Å²) in [5.41, 5.74) is -0.639. The van der Waals surface area contributed by atoms with Crippen LogP contribution in [0.5, 0.6) is 0 Å². The first-order valence-electron chi connectivity index (χ1n) is 14.6. The molecule has 0 aromatic carbocycles. The summed E-state index contributed by atoms with van der Waals surface area (Å²) in [7, 11) is -2.92. The van der Waals surface area contributed by atoms with Gasteiger partial charge in [0.1, 0.15) is 23.5 Å². The van der Waals surface area contributed by atoms with E-state index in [0.29, 0.717) is 31.7 Å². The van der Waals surface area contributed by atoms with Crippen LogP contribution in [0.15, 0.2) is 12.7 Å². The molecule has 4 fully saturated rings. The van der Waals surface area contributed by atoms with Gasteiger partial charge in [-0.1, -0.05) is 26.8 Å². The quantitative estimate of drug-likeness (QED) is 0.147.